The molecule has 0 radical (unpaired) electrons. The lowest BCUT2D eigenvalue weighted by Gasteiger charge is -2.19. The molecule has 3 aromatic rings. The van der Waals surface area contributed by atoms with Crippen LogP contribution in [0.2, 0.25) is 0 Å². The number of amides is 1. The van der Waals surface area contributed by atoms with Gasteiger partial charge < -0.3 is 10.2 Å². The molecule has 7 heteroatoms. The molecule has 3 rings (SSSR count). The molecule has 0 saturated heterocycles. The van der Waals surface area contributed by atoms with Crippen LogP contribution in [0.5, 0.6) is 0 Å². The van der Waals surface area contributed by atoms with E-state index in [1.54, 1.807) is 37.5 Å². The number of benzene rings is 1. The minimum atomic E-state index is -0.269. The van der Waals surface area contributed by atoms with Crippen molar-refractivity contribution in [3.05, 3.63) is 83.3 Å². The number of anilines is 1. The number of aryl methyl sites for hydroxylation is 1. The van der Waals surface area contributed by atoms with Gasteiger partial charge in [-0.25, -0.2) is 14.4 Å². The summed E-state index contributed by atoms with van der Waals surface area (Å²) in [5.74, 6) is 0.730. The van der Waals surface area contributed by atoms with Gasteiger partial charge in [0.25, 0.3) is 5.91 Å². The first-order valence-corrected chi connectivity index (χ1v) is 9.49. The average molecular weight is 393 g/mol. The van der Waals surface area contributed by atoms with Gasteiger partial charge in [0.05, 0.1) is 0 Å². The van der Waals surface area contributed by atoms with Crippen LogP contribution < -0.4 is 10.2 Å². The van der Waals surface area contributed by atoms with Crippen LogP contribution in [0.15, 0.2) is 54.9 Å². The SMILES string of the molecule is Cc1nc(C(=O)NCCc2ccc(F)cc2)cc(N(C)CCc2ccncc2)n1. The molecule has 0 saturated carbocycles. The van der Waals surface area contributed by atoms with E-state index >= 15 is 0 Å². The number of carbonyl (C=O) groups excluding carboxylic acids is 1. The summed E-state index contributed by atoms with van der Waals surface area (Å²) in [5, 5.41) is 2.86. The maximum absolute atomic E-state index is 13.0. The third kappa shape index (κ3) is 6.07. The summed E-state index contributed by atoms with van der Waals surface area (Å²) in [5.41, 5.74) is 2.49. The lowest BCUT2D eigenvalue weighted by atomic mass is 10.1. The number of likely N-dealkylation sites (N-methyl/N-ethyl adjacent to an activating group) is 1. The number of nitrogens with one attached hydrogen (secondary N) is 1. The van der Waals surface area contributed by atoms with Gasteiger partial charge in [0.1, 0.15) is 23.2 Å². The van der Waals surface area contributed by atoms with Crippen LogP contribution in [0.25, 0.3) is 0 Å². The number of nitrogens with zero attached hydrogens (tertiary/aromatic N) is 4. The Morgan fingerprint density at radius 1 is 1.03 bits per heavy atom. The van der Waals surface area contributed by atoms with Crippen LogP contribution >= 0.6 is 0 Å². The van der Waals surface area contributed by atoms with Crippen molar-refractivity contribution in [1.82, 2.24) is 20.3 Å². The smallest absolute Gasteiger partial charge is 0.270 e. The Labute approximate surface area is 169 Å². The Morgan fingerprint density at radius 3 is 2.45 bits per heavy atom. The van der Waals surface area contributed by atoms with Crippen LogP contribution in [0.3, 0.4) is 0 Å². The maximum Gasteiger partial charge on any atom is 0.270 e. The zero-order chi connectivity index (χ0) is 20.6. The molecule has 1 aromatic carbocycles. The first-order chi connectivity index (χ1) is 14.0. The van der Waals surface area contributed by atoms with Crippen LogP contribution in [-0.2, 0) is 12.8 Å². The topological polar surface area (TPSA) is 71.0 Å². The highest BCUT2D eigenvalue weighted by atomic mass is 19.1. The predicted molar refractivity (Wildman–Crippen MR) is 110 cm³/mol. The third-order valence-corrected chi connectivity index (χ3v) is 4.55. The molecule has 29 heavy (non-hydrogen) atoms. The van der Waals surface area contributed by atoms with Gasteiger partial charge in [-0.05, 0) is 55.2 Å². The molecule has 2 aromatic heterocycles. The van der Waals surface area contributed by atoms with Gasteiger partial charge in [0.15, 0.2) is 0 Å². The van der Waals surface area contributed by atoms with E-state index in [4.69, 9.17) is 0 Å². The second-order valence-corrected chi connectivity index (χ2v) is 6.82. The summed E-state index contributed by atoms with van der Waals surface area (Å²) in [4.78, 5) is 27.3. The van der Waals surface area contributed by atoms with E-state index in [0.29, 0.717) is 30.3 Å². The van der Waals surface area contributed by atoms with Gasteiger partial charge in [-0.2, -0.15) is 0 Å². The molecule has 1 N–H and O–H groups in total. The molecule has 0 aliphatic rings. The van der Waals surface area contributed by atoms with Crippen molar-refractivity contribution in [2.45, 2.75) is 19.8 Å². The van der Waals surface area contributed by atoms with E-state index in [2.05, 4.69) is 20.3 Å². The second-order valence-electron chi connectivity index (χ2n) is 6.82. The largest absolute Gasteiger partial charge is 0.359 e. The van der Waals surface area contributed by atoms with E-state index in [9.17, 15) is 9.18 Å². The number of rotatable bonds is 8. The minimum Gasteiger partial charge on any atom is -0.359 e. The maximum atomic E-state index is 13.0. The van der Waals surface area contributed by atoms with Crippen LogP contribution in [0.4, 0.5) is 10.2 Å². The second kappa shape index (κ2) is 9.73. The molecule has 0 unspecified atom stereocenters. The third-order valence-electron chi connectivity index (χ3n) is 4.55. The fourth-order valence-corrected chi connectivity index (χ4v) is 2.89. The van der Waals surface area contributed by atoms with Gasteiger partial charge in [0, 0.05) is 38.6 Å². The molecular weight excluding hydrogens is 369 g/mol. The van der Waals surface area contributed by atoms with E-state index < -0.39 is 0 Å². The first kappa shape index (κ1) is 20.4. The van der Waals surface area contributed by atoms with Gasteiger partial charge in [-0.15, -0.1) is 0 Å². The van der Waals surface area contributed by atoms with Crippen molar-refractivity contribution in [3.63, 3.8) is 0 Å². The zero-order valence-corrected chi connectivity index (χ0v) is 16.6. The Hall–Kier alpha value is -3.35. The summed E-state index contributed by atoms with van der Waals surface area (Å²) < 4.78 is 13.0. The van der Waals surface area contributed by atoms with Crippen LogP contribution in [0.1, 0.15) is 27.4 Å². The molecule has 0 bridgehead atoms. The average Bonchev–Trinajstić information content (AvgIpc) is 2.73. The van der Waals surface area contributed by atoms with Crippen molar-refractivity contribution in [1.29, 1.82) is 0 Å². The predicted octanol–water partition coefficient (Wildman–Crippen LogP) is 2.97. The summed E-state index contributed by atoms with van der Waals surface area (Å²) in [7, 11) is 1.94. The van der Waals surface area contributed by atoms with Crippen LogP contribution in [0, 0.1) is 12.7 Å². The number of pyridine rings is 1. The standard InChI is InChI=1S/C22H24FN5O/c1-16-26-20(22(29)25-13-9-17-3-5-19(23)6-4-17)15-21(27-16)28(2)14-10-18-7-11-24-12-8-18/h3-8,11-12,15H,9-10,13-14H2,1-2H3,(H,25,29). The Bertz CT molecular complexity index is 947. The fourth-order valence-electron chi connectivity index (χ4n) is 2.89. The number of hydrogen-bond acceptors (Lipinski definition) is 5. The lowest BCUT2D eigenvalue weighted by Crippen LogP contribution is -2.28. The van der Waals surface area contributed by atoms with Gasteiger partial charge >= 0.3 is 0 Å². The van der Waals surface area contributed by atoms with Gasteiger partial charge in [0.2, 0.25) is 0 Å². The number of carbonyl (C=O) groups is 1. The number of halogens is 1. The molecule has 2 heterocycles. The highest BCUT2D eigenvalue weighted by Crippen LogP contribution is 2.12. The summed E-state index contributed by atoms with van der Waals surface area (Å²) in [6.45, 7) is 2.97. The normalized spacial score (nSPS) is 10.6. The van der Waals surface area contributed by atoms with Crippen molar-refractivity contribution >= 4 is 11.7 Å². The monoisotopic (exact) mass is 393 g/mol. The molecule has 0 fully saturated rings. The number of aromatic nitrogens is 3. The first-order valence-electron chi connectivity index (χ1n) is 9.49. The minimum absolute atomic E-state index is 0.249. The summed E-state index contributed by atoms with van der Waals surface area (Å²) in [6.07, 6.45) is 5.02. The van der Waals surface area contributed by atoms with Crippen LogP contribution in [-0.4, -0.2) is 41.0 Å². The van der Waals surface area contributed by atoms with E-state index in [-0.39, 0.29) is 11.7 Å². The summed E-state index contributed by atoms with van der Waals surface area (Å²) in [6, 6.07) is 11.9. The summed E-state index contributed by atoms with van der Waals surface area (Å²) >= 11 is 0. The molecule has 0 spiro atoms. The Balaban J connectivity index is 1.58. The van der Waals surface area contributed by atoms with E-state index in [1.807, 2.05) is 24.1 Å². The number of hydrogen-bond donors (Lipinski definition) is 1. The molecule has 6 nitrogen and oxygen atoms in total. The van der Waals surface area contributed by atoms with Crippen molar-refractivity contribution in [2.24, 2.45) is 0 Å². The molecule has 1 amide bonds. The fraction of sp³-hybridized carbons (Fsp3) is 0.273. The van der Waals surface area contributed by atoms with Crippen molar-refractivity contribution in [2.75, 3.05) is 25.0 Å². The highest BCUT2D eigenvalue weighted by Gasteiger charge is 2.12. The molecule has 0 aliphatic heterocycles. The lowest BCUT2D eigenvalue weighted by molar-refractivity contribution is 0.0948. The molecule has 150 valence electrons. The quantitative estimate of drug-likeness (QED) is 0.637. The van der Waals surface area contributed by atoms with Crippen molar-refractivity contribution < 1.29 is 9.18 Å². The van der Waals surface area contributed by atoms with Gasteiger partial charge in [-0.3, -0.25) is 9.78 Å². The molecule has 0 atom stereocenters. The molecule has 0 aliphatic carbocycles. The van der Waals surface area contributed by atoms with E-state index in [1.165, 1.54) is 17.7 Å². The Kier molecular flexibility index (Phi) is 6.84. The zero-order valence-electron chi connectivity index (χ0n) is 16.6. The Morgan fingerprint density at radius 2 is 1.72 bits per heavy atom. The highest BCUT2D eigenvalue weighted by molar-refractivity contribution is 5.92. The molecular formula is C22H24FN5O. The van der Waals surface area contributed by atoms with Crippen molar-refractivity contribution in [3.8, 4) is 0 Å². The van der Waals surface area contributed by atoms with Gasteiger partial charge in [-0.1, -0.05) is 12.1 Å². The van der Waals surface area contributed by atoms with E-state index in [0.717, 1.165) is 18.5 Å².